The number of hydrogen-bond acceptors (Lipinski definition) is 3. The fourth-order valence-corrected chi connectivity index (χ4v) is 3.01. The molecule has 0 amide bonds. The Morgan fingerprint density at radius 1 is 1.17 bits per heavy atom. The van der Waals surface area contributed by atoms with Crippen LogP contribution in [0, 0.1) is 0 Å². The molecule has 1 saturated heterocycles. The van der Waals surface area contributed by atoms with E-state index in [1.165, 1.54) is 18.5 Å². The molecule has 0 spiro atoms. The molecule has 3 rings (SSSR count). The highest BCUT2D eigenvalue weighted by Gasteiger charge is 2.31. The molecule has 0 radical (unpaired) electrons. The van der Waals surface area contributed by atoms with E-state index < -0.39 is 0 Å². The topological polar surface area (TPSA) is 35.5 Å². The van der Waals surface area contributed by atoms with Crippen molar-refractivity contribution in [1.82, 2.24) is 10.2 Å². The second-order valence-electron chi connectivity index (χ2n) is 5.70. The van der Waals surface area contributed by atoms with Gasteiger partial charge in [0.25, 0.3) is 0 Å². The standard InChI is InChI=1S/C15H22N2O/c18-15-8-14(9-15)16-13-6-7-17(11-13)10-12-4-2-1-3-5-12/h1-5,13-16,18H,6-11H2/t13-,14?,15?/m0/s1. The molecule has 1 aromatic carbocycles. The van der Waals surface area contributed by atoms with Crippen molar-refractivity contribution >= 4 is 0 Å². The minimum atomic E-state index is -0.0516. The zero-order chi connectivity index (χ0) is 12.4. The lowest BCUT2D eigenvalue weighted by Gasteiger charge is -2.34. The Morgan fingerprint density at radius 3 is 2.67 bits per heavy atom. The van der Waals surface area contributed by atoms with Gasteiger partial charge in [0.1, 0.15) is 0 Å². The van der Waals surface area contributed by atoms with Crippen molar-refractivity contribution in [1.29, 1.82) is 0 Å². The number of aliphatic hydroxyl groups is 1. The van der Waals surface area contributed by atoms with Crippen LogP contribution >= 0.6 is 0 Å². The van der Waals surface area contributed by atoms with Crippen LogP contribution in [0.25, 0.3) is 0 Å². The third kappa shape index (κ3) is 2.91. The van der Waals surface area contributed by atoms with E-state index >= 15 is 0 Å². The molecule has 2 N–H and O–H groups in total. The molecule has 2 fully saturated rings. The maximum Gasteiger partial charge on any atom is 0.0570 e. The van der Waals surface area contributed by atoms with Gasteiger partial charge in [0, 0.05) is 31.7 Å². The zero-order valence-corrected chi connectivity index (χ0v) is 10.8. The highest BCUT2D eigenvalue weighted by molar-refractivity contribution is 5.14. The van der Waals surface area contributed by atoms with Gasteiger partial charge in [0.15, 0.2) is 0 Å². The van der Waals surface area contributed by atoms with Gasteiger partial charge < -0.3 is 10.4 Å². The first kappa shape index (κ1) is 12.2. The van der Waals surface area contributed by atoms with Crippen LogP contribution in [0.15, 0.2) is 30.3 Å². The lowest BCUT2D eigenvalue weighted by Crippen LogP contribution is -2.49. The summed E-state index contributed by atoms with van der Waals surface area (Å²) in [4.78, 5) is 2.52. The van der Waals surface area contributed by atoms with Crippen LogP contribution in [-0.2, 0) is 6.54 Å². The minimum absolute atomic E-state index is 0.0516. The quantitative estimate of drug-likeness (QED) is 0.842. The molecule has 1 heterocycles. The number of aliphatic hydroxyl groups excluding tert-OH is 1. The predicted molar refractivity (Wildman–Crippen MR) is 72.3 cm³/mol. The van der Waals surface area contributed by atoms with E-state index in [1.54, 1.807) is 0 Å². The average Bonchev–Trinajstić information content (AvgIpc) is 2.76. The van der Waals surface area contributed by atoms with E-state index in [2.05, 4.69) is 40.5 Å². The predicted octanol–water partition coefficient (Wildman–Crippen LogP) is 1.37. The summed E-state index contributed by atoms with van der Waals surface area (Å²) in [6, 6.07) is 11.9. The second kappa shape index (κ2) is 5.39. The Kier molecular flexibility index (Phi) is 3.64. The Balaban J connectivity index is 1.44. The highest BCUT2D eigenvalue weighted by atomic mass is 16.3. The minimum Gasteiger partial charge on any atom is -0.393 e. The van der Waals surface area contributed by atoms with Crippen molar-refractivity contribution in [3.05, 3.63) is 35.9 Å². The molecule has 18 heavy (non-hydrogen) atoms. The normalized spacial score (nSPS) is 32.4. The number of nitrogens with zero attached hydrogens (tertiary/aromatic N) is 1. The highest BCUT2D eigenvalue weighted by Crippen LogP contribution is 2.22. The molecular formula is C15H22N2O. The summed E-state index contributed by atoms with van der Waals surface area (Å²) in [5.41, 5.74) is 1.40. The fraction of sp³-hybridized carbons (Fsp3) is 0.600. The van der Waals surface area contributed by atoms with Crippen LogP contribution < -0.4 is 5.32 Å². The first-order chi connectivity index (χ1) is 8.79. The molecule has 1 aliphatic heterocycles. The molecular weight excluding hydrogens is 224 g/mol. The number of rotatable bonds is 4. The van der Waals surface area contributed by atoms with Crippen molar-refractivity contribution in [3.8, 4) is 0 Å². The van der Waals surface area contributed by atoms with E-state index in [4.69, 9.17) is 0 Å². The Bertz CT molecular complexity index is 375. The Morgan fingerprint density at radius 2 is 1.94 bits per heavy atom. The smallest absolute Gasteiger partial charge is 0.0570 e. The van der Waals surface area contributed by atoms with Crippen molar-refractivity contribution in [3.63, 3.8) is 0 Å². The van der Waals surface area contributed by atoms with E-state index in [1.807, 2.05) is 0 Å². The summed E-state index contributed by atoms with van der Waals surface area (Å²) >= 11 is 0. The third-order valence-corrected chi connectivity index (χ3v) is 4.11. The zero-order valence-electron chi connectivity index (χ0n) is 10.8. The van der Waals surface area contributed by atoms with Crippen LogP contribution in [0.2, 0.25) is 0 Å². The molecule has 3 heteroatoms. The molecule has 1 saturated carbocycles. The maximum absolute atomic E-state index is 9.29. The lowest BCUT2D eigenvalue weighted by atomic mass is 9.89. The van der Waals surface area contributed by atoms with Crippen molar-refractivity contribution < 1.29 is 5.11 Å². The first-order valence-corrected chi connectivity index (χ1v) is 7.00. The molecule has 0 bridgehead atoms. The monoisotopic (exact) mass is 246 g/mol. The van der Waals surface area contributed by atoms with Gasteiger partial charge in [-0.2, -0.15) is 0 Å². The van der Waals surface area contributed by atoms with Gasteiger partial charge in [-0.1, -0.05) is 30.3 Å². The first-order valence-electron chi connectivity index (χ1n) is 7.00. The molecule has 98 valence electrons. The molecule has 1 aliphatic carbocycles. The van der Waals surface area contributed by atoms with E-state index in [9.17, 15) is 5.11 Å². The van der Waals surface area contributed by atoms with Gasteiger partial charge in [-0.15, -0.1) is 0 Å². The average molecular weight is 246 g/mol. The largest absolute Gasteiger partial charge is 0.393 e. The molecule has 3 nitrogen and oxygen atoms in total. The van der Waals surface area contributed by atoms with Crippen LogP contribution in [-0.4, -0.2) is 41.3 Å². The SMILES string of the molecule is OC1CC(N[C@H]2CCN(Cc3ccccc3)C2)C1. The summed E-state index contributed by atoms with van der Waals surface area (Å²) in [5, 5.41) is 12.9. The fourth-order valence-electron chi connectivity index (χ4n) is 3.01. The maximum atomic E-state index is 9.29. The van der Waals surface area contributed by atoms with Crippen LogP contribution in [0.4, 0.5) is 0 Å². The Hall–Kier alpha value is -0.900. The van der Waals surface area contributed by atoms with Crippen molar-refractivity contribution in [2.75, 3.05) is 13.1 Å². The van der Waals surface area contributed by atoms with Gasteiger partial charge in [-0.25, -0.2) is 0 Å². The number of likely N-dealkylation sites (tertiary alicyclic amines) is 1. The van der Waals surface area contributed by atoms with Gasteiger partial charge >= 0.3 is 0 Å². The van der Waals surface area contributed by atoms with Crippen LogP contribution in [0.5, 0.6) is 0 Å². The van der Waals surface area contributed by atoms with E-state index in [-0.39, 0.29) is 6.10 Å². The lowest BCUT2D eigenvalue weighted by molar-refractivity contribution is 0.0580. The van der Waals surface area contributed by atoms with E-state index in [0.717, 1.165) is 25.9 Å². The third-order valence-electron chi connectivity index (χ3n) is 4.11. The van der Waals surface area contributed by atoms with Crippen molar-refractivity contribution in [2.45, 2.75) is 44.0 Å². The number of benzene rings is 1. The summed E-state index contributed by atoms with van der Waals surface area (Å²) < 4.78 is 0. The molecule has 1 atom stereocenters. The summed E-state index contributed by atoms with van der Waals surface area (Å²) in [7, 11) is 0. The summed E-state index contributed by atoms with van der Waals surface area (Å²) in [6.45, 7) is 3.38. The molecule has 0 aromatic heterocycles. The van der Waals surface area contributed by atoms with Gasteiger partial charge in [-0.05, 0) is 24.8 Å². The van der Waals surface area contributed by atoms with Gasteiger partial charge in [0.2, 0.25) is 0 Å². The van der Waals surface area contributed by atoms with Crippen molar-refractivity contribution in [2.24, 2.45) is 0 Å². The molecule has 1 aromatic rings. The van der Waals surface area contributed by atoms with Crippen LogP contribution in [0.1, 0.15) is 24.8 Å². The number of hydrogen-bond donors (Lipinski definition) is 2. The van der Waals surface area contributed by atoms with Crippen LogP contribution in [0.3, 0.4) is 0 Å². The van der Waals surface area contributed by atoms with E-state index in [0.29, 0.717) is 12.1 Å². The second-order valence-corrected chi connectivity index (χ2v) is 5.70. The van der Waals surface area contributed by atoms with Gasteiger partial charge in [-0.3, -0.25) is 4.90 Å². The molecule has 0 unspecified atom stereocenters. The van der Waals surface area contributed by atoms with Gasteiger partial charge in [0.05, 0.1) is 6.10 Å². The summed E-state index contributed by atoms with van der Waals surface area (Å²) in [5.74, 6) is 0. The summed E-state index contributed by atoms with van der Waals surface area (Å²) in [6.07, 6.45) is 3.06. The number of nitrogens with one attached hydrogen (secondary N) is 1. The molecule has 2 aliphatic rings. The Labute approximate surface area is 109 Å².